The van der Waals surface area contributed by atoms with Crippen LogP contribution in [0, 0.1) is 11.3 Å². The van der Waals surface area contributed by atoms with Gasteiger partial charge < -0.3 is 14.2 Å². The lowest BCUT2D eigenvalue weighted by Gasteiger charge is -2.09. The second kappa shape index (κ2) is 9.94. The van der Waals surface area contributed by atoms with Crippen LogP contribution in [0.3, 0.4) is 0 Å². The van der Waals surface area contributed by atoms with Crippen LogP contribution in [0.2, 0.25) is 0 Å². The third-order valence-corrected chi connectivity index (χ3v) is 4.42. The summed E-state index contributed by atoms with van der Waals surface area (Å²) in [6.45, 7) is 0. The SMILES string of the molecule is COc1ccc(CC(=O)Oc2ccc(/C=C(/C#N)c3ccccc3)cc2)cc1OC. The van der Waals surface area contributed by atoms with E-state index in [-0.39, 0.29) is 12.4 Å². The number of ether oxygens (including phenoxy) is 3. The van der Waals surface area contributed by atoms with Gasteiger partial charge in [0.1, 0.15) is 5.75 Å². The second-order valence-corrected chi connectivity index (χ2v) is 6.45. The summed E-state index contributed by atoms with van der Waals surface area (Å²) in [5.41, 5.74) is 3.02. The van der Waals surface area contributed by atoms with Crippen LogP contribution in [-0.2, 0) is 11.2 Å². The Labute approximate surface area is 175 Å². The molecule has 0 aliphatic carbocycles. The topological polar surface area (TPSA) is 68.5 Å². The number of allylic oxidation sites excluding steroid dienone is 1. The van der Waals surface area contributed by atoms with E-state index in [1.165, 1.54) is 0 Å². The summed E-state index contributed by atoms with van der Waals surface area (Å²) in [6.07, 6.45) is 1.90. The lowest BCUT2D eigenvalue weighted by Crippen LogP contribution is -2.11. The molecule has 30 heavy (non-hydrogen) atoms. The fourth-order valence-corrected chi connectivity index (χ4v) is 2.92. The normalized spacial score (nSPS) is 10.8. The minimum Gasteiger partial charge on any atom is -0.493 e. The molecule has 150 valence electrons. The minimum atomic E-state index is -0.382. The number of carbonyl (C=O) groups excluding carboxylic acids is 1. The van der Waals surface area contributed by atoms with Gasteiger partial charge in [-0.15, -0.1) is 0 Å². The van der Waals surface area contributed by atoms with Crippen LogP contribution in [0.4, 0.5) is 0 Å². The number of hydrogen-bond donors (Lipinski definition) is 0. The van der Waals surface area contributed by atoms with Gasteiger partial charge in [0.15, 0.2) is 11.5 Å². The number of hydrogen-bond acceptors (Lipinski definition) is 5. The summed E-state index contributed by atoms with van der Waals surface area (Å²) in [4.78, 5) is 12.3. The maximum Gasteiger partial charge on any atom is 0.315 e. The van der Waals surface area contributed by atoms with E-state index in [1.54, 1.807) is 62.8 Å². The Hall–Kier alpha value is -4.04. The number of methoxy groups -OCH3 is 2. The molecule has 3 aromatic carbocycles. The van der Waals surface area contributed by atoms with Crippen molar-refractivity contribution in [3.63, 3.8) is 0 Å². The zero-order valence-corrected chi connectivity index (χ0v) is 16.8. The molecule has 0 saturated heterocycles. The molecule has 0 aliphatic heterocycles. The zero-order chi connectivity index (χ0) is 21.3. The van der Waals surface area contributed by atoms with E-state index in [2.05, 4.69) is 6.07 Å². The molecule has 3 rings (SSSR count). The van der Waals surface area contributed by atoms with E-state index in [1.807, 2.05) is 30.3 Å². The molecule has 5 nitrogen and oxygen atoms in total. The van der Waals surface area contributed by atoms with Gasteiger partial charge in [-0.05, 0) is 47.0 Å². The molecule has 0 heterocycles. The molecule has 3 aromatic rings. The largest absolute Gasteiger partial charge is 0.493 e. The van der Waals surface area contributed by atoms with Crippen molar-refractivity contribution in [2.75, 3.05) is 14.2 Å². The van der Waals surface area contributed by atoms with Crippen LogP contribution in [0.25, 0.3) is 11.6 Å². The van der Waals surface area contributed by atoms with Crippen LogP contribution in [0.15, 0.2) is 72.8 Å². The first-order valence-electron chi connectivity index (χ1n) is 9.32. The molecule has 0 N–H and O–H groups in total. The van der Waals surface area contributed by atoms with Crippen molar-refractivity contribution in [3.8, 4) is 23.3 Å². The number of rotatable bonds is 7. The quantitative estimate of drug-likeness (QED) is 0.244. The molecule has 5 heteroatoms. The fraction of sp³-hybridized carbons (Fsp3) is 0.120. The number of esters is 1. The Morgan fingerprint density at radius 3 is 2.27 bits per heavy atom. The molecule has 0 spiro atoms. The van der Waals surface area contributed by atoms with Gasteiger partial charge in [-0.25, -0.2) is 0 Å². The smallest absolute Gasteiger partial charge is 0.315 e. The minimum absolute atomic E-state index is 0.106. The lowest BCUT2D eigenvalue weighted by molar-refractivity contribution is -0.133. The summed E-state index contributed by atoms with van der Waals surface area (Å²) in [5.74, 6) is 1.22. The van der Waals surface area contributed by atoms with Gasteiger partial charge in [-0.3, -0.25) is 4.79 Å². The van der Waals surface area contributed by atoms with Crippen molar-refractivity contribution < 1.29 is 19.0 Å². The Morgan fingerprint density at radius 2 is 1.63 bits per heavy atom. The summed E-state index contributed by atoms with van der Waals surface area (Å²) < 4.78 is 15.9. The average molecular weight is 399 g/mol. The molecule has 0 fully saturated rings. The molecule has 0 aliphatic rings. The fourth-order valence-electron chi connectivity index (χ4n) is 2.92. The van der Waals surface area contributed by atoms with Crippen molar-refractivity contribution >= 4 is 17.6 Å². The highest BCUT2D eigenvalue weighted by molar-refractivity contribution is 5.89. The molecule has 0 aromatic heterocycles. The molecular formula is C25H21NO4. The van der Waals surface area contributed by atoms with Crippen molar-refractivity contribution in [2.45, 2.75) is 6.42 Å². The third kappa shape index (κ3) is 5.27. The Balaban J connectivity index is 1.66. The van der Waals surface area contributed by atoms with E-state index >= 15 is 0 Å². The first-order valence-corrected chi connectivity index (χ1v) is 9.32. The summed E-state index contributed by atoms with van der Waals surface area (Å²) in [6, 6.07) is 24.0. The van der Waals surface area contributed by atoms with E-state index in [4.69, 9.17) is 14.2 Å². The van der Waals surface area contributed by atoms with E-state index < -0.39 is 0 Å². The Kier molecular flexibility index (Phi) is 6.86. The molecule has 0 bridgehead atoms. The predicted octanol–water partition coefficient (Wildman–Crippen LogP) is 4.92. The van der Waals surface area contributed by atoms with Crippen LogP contribution < -0.4 is 14.2 Å². The highest BCUT2D eigenvalue weighted by Crippen LogP contribution is 2.28. The predicted molar refractivity (Wildman–Crippen MR) is 115 cm³/mol. The number of carbonyl (C=O) groups is 1. The van der Waals surface area contributed by atoms with Crippen LogP contribution in [0.1, 0.15) is 16.7 Å². The molecule has 0 amide bonds. The highest BCUT2D eigenvalue weighted by atomic mass is 16.5. The maximum atomic E-state index is 12.3. The van der Waals surface area contributed by atoms with Crippen molar-refractivity contribution in [1.29, 1.82) is 5.26 Å². The molecule has 0 saturated carbocycles. The molecule has 0 unspecified atom stereocenters. The Morgan fingerprint density at radius 1 is 0.933 bits per heavy atom. The monoisotopic (exact) mass is 399 g/mol. The van der Waals surface area contributed by atoms with Crippen LogP contribution >= 0.6 is 0 Å². The van der Waals surface area contributed by atoms with Gasteiger partial charge in [-0.2, -0.15) is 5.26 Å². The number of nitriles is 1. The van der Waals surface area contributed by atoms with Crippen molar-refractivity contribution in [2.24, 2.45) is 0 Å². The lowest BCUT2D eigenvalue weighted by atomic mass is 10.0. The number of benzene rings is 3. The first kappa shape index (κ1) is 20.7. The van der Waals surface area contributed by atoms with Gasteiger partial charge in [0.25, 0.3) is 0 Å². The van der Waals surface area contributed by atoms with Crippen molar-refractivity contribution in [1.82, 2.24) is 0 Å². The number of nitrogens with zero attached hydrogens (tertiary/aromatic N) is 1. The summed E-state index contributed by atoms with van der Waals surface area (Å²) in [7, 11) is 3.11. The molecular weight excluding hydrogens is 378 g/mol. The zero-order valence-electron chi connectivity index (χ0n) is 16.8. The van der Waals surface area contributed by atoms with Gasteiger partial charge in [0, 0.05) is 0 Å². The maximum absolute atomic E-state index is 12.3. The van der Waals surface area contributed by atoms with Crippen LogP contribution in [-0.4, -0.2) is 20.2 Å². The standard InChI is InChI=1S/C25H21NO4/c1-28-23-13-10-19(15-24(23)29-2)16-25(27)30-22-11-8-18(9-12-22)14-21(17-26)20-6-4-3-5-7-20/h3-15H,16H2,1-2H3/b21-14-. The highest BCUT2D eigenvalue weighted by Gasteiger charge is 2.10. The van der Waals surface area contributed by atoms with E-state index in [0.29, 0.717) is 22.8 Å². The van der Waals surface area contributed by atoms with Gasteiger partial charge >= 0.3 is 5.97 Å². The second-order valence-electron chi connectivity index (χ2n) is 6.45. The van der Waals surface area contributed by atoms with E-state index in [9.17, 15) is 10.1 Å². The third-order valence-electron chi connectivity index (χ3n) is 4.42. The summed E-state index contributed by atoms with van der Waals surface area (Å²) >= 11 is 0. The Bertz CT molecular complexity index is 1080. The average Bonchev–Trinajstić information content (AvgIpc) is 2.79. The van der Waals surface area contributed by atoms with Crippen molar-refractivity contribution in [3.05, 3.63) is 89.5 Å². The van der Waals surface area contributed by atoms with Gasteiger partial charge in [0.2, 0.25) is 0 Å². The van der Waals surface area contributed by atoms with E-state index in [0.717, 1.165) is 16.7 Å². The molecule has 0 radical (unpaired) electrons. The first-order chi connectivity index (χ1) is 14.6. The van der Waals surface area contributed by atoms with Gasteiger partial charge in [-0.1, -0.05) is 48.5 Å². The summed E-state index contributed by atoms with van der Waals surface area (Å²) in [5, 5.41) is 9.42. The molecule has 0 atom stereocenters. The van der Waals surface area contributed by atoms with Crippen LogP contribution in [0.5, 0.6) is 17.2 Å². The van der Waals surface area contributed by atoms with Gasteiger partial charge in [0.05, 0.1) is 32.3 Å².